The molecule has 0 spiro atoms. The molecule has 0 aliphatic carbocycles. The van der Waals surface area contributed by atoms with Gasteiger partial charge in [0.05, 0.1) is 11.3 Å². The first-order valence-corrected chi connectivity index (χ1v) is 9.33. The Balaban J connectivity index is 1.76. The third kappa shape index (κ3) is 4.33. The van der Waals surface area contributed by atoms with Crippen LogP contribution in [0.4, 0.5) is 5.13 Å². The van der Waals surface area contributed by atoms with Crippen LogP contribution in [0, 0.1) is 0 Å². The summed E-state index contributed by atoms with van der Waals surface area (Å²) in [5.41, 5.74) is 5.30. The Labute approximate surface area is 150 Å². The van der Waals surface area contributed by atoms with Crippen LogP contribution in [0.15, 0.2) is 50.0 Å². The molecule has 0 aliphatic rings. The molecule has 25 heavy (non-hydrogen) atoms. The van der Waals surface area contributed by atoms with Gasteiger partial charge in [-0.25, -0.2) is 9.78 Å². The van der Waals surface area contributed by atoms with Gasteiger partial charge >= 0.3 is 5.63 Å². The van der Waals surface area contributed by atoms with Gasteiger partial charge in [0.25, 0.3) is 0 Å². The molecule has 6 heteroatoms. The lowest BCUT2D eigenvalue weighted by molar-refractivity contribution is 0.563. The third-order valence-corrected chi connectivity index (χ3v) is 4.65. The molecule has 0 fully saturated rings. The van der Waals surface area contributed by atoms with Gasteiger partial charge in [0.2, 0.25) is 5.13 Å². The molecule has 3 rings (SSSR count). The van der Waals surface area contributed by atoms with Crippen LogP contribution in [0.5, 0.6) is 0 Å². The zero-order valence-corrected chi connectivity index (χ0v) is 15.2. The number of thiazole rings is 1. The fraction of sp³-hybridized carbons (Fsp3) is 0.316. The Morgan fingerprint density at radius 2 is 2.16 bits per heavy atom. The lowest BCUT2D eigenvalue weighted by atomic mass is 10.1. The molecule has 0 atom stereocenters. The van der Waals surface area contributed by atoms with Gasteiger partial charge in [0.1, 0.15) is 5.58 Å². The van der Waals surface area contributed by atoms with Gasteiger partial charge in [-0.3, -0.25) is 5.43 Å². The van der Waals surface area contributed by atoms with Crippen LogP contribution in [0.25, 0.3) is 22.2 Å². The molecule has 1 aromatic carbocycles. The van der Waals surface area contributed by atoms with Crippen molar-refractivity contribution < 1.29 is 4.42 Å². The number of anilines is 1. The molecule has 1 N–H and O–H groups in total. The molecule has 3 aromatic rings. The quantitative estimate of drug-likeness (QED) is 0.271. The first-order chi connectivity index (χ1) is 12.2. The molecule has 0 aliphatic heterocycles. The van der Waals surface area contributed by atoms with Gasteiger partial charge in [0.15, 0.2) is 0 Å². The highest BCUT2D eigenvalue weighted by atomic mass is 32.1. The maximum atomic E-state index is 12.2. The second-order valence-corrected chi connectivity index (χ2v) is 6.80. The van der Waals surface area contributed by atoms with Gasteiger partial charge in [0, 0.05) is 16.5 Å². The summed E-state index contributed by atoms with van der Waals surface area (Å²) in [6.07, 6.45) is 4.54. The number of unbranched alkanes of at least 4 members (excludes halogenated alkanes) is 2. The van der Waals surface area contributed by atoms with E-state index in [4.69, 9.17) is 4.42 Å². The van der Waals surface area contributed by atoms with Crippen molar-refractivity contribution >= 4 is 33.1 Å². The van der Waals surface area contributed by atoms with Gasteiger partial charge in [-0.05, 0) is 31.9 Å². The molecule has 0 bridgehead atoms. The summed E-state index contributed by atoms with van der Waals surface area (Å²) in [6, 6.07) is 9.27. The SMILES string of the molecule is CCCCC/C(C)=N/Nc1nc(-c2cc3ccccc3oc2=O)cs1. The molecule has 0 unspecified atom stereocenters. The summed E-state index contributed by atoms with van der Waals surface area (Å²) in [6.45, 7) is 4.19. The van der Waals surface area contributed by atoms with Crippen molar-refractivity contribution in [2.24, 2.45) is 5.10 Å². The van der Waals surface area contributed by atoms with Gasteiger partial charge < -0.3 is 4.42 Å². The summed E-state index contributed by atoms with van der Waals surface area (Å²) in [7, 11) is 0. The van der Waals surface area contributed by atoms with E-state index in [1.807, 2.05) is 36.6 Å². The highest BCUT2D eigenvalue weighted by molar-refractivity contribution is 7.14. The molecule has 130 valence electrons. The van der Waals surface area contributed by atoms with E-state index in [0.717, 1.165) is 23.9 Å². The predicted octanol–water partition coefficient (Wildman–Crippen LogP) is 5.28. The van der Waals surface area contributed by atoms with E-state index in [1.54, 1.807) is 6.07 Å². The lowest BCUT2D eigenvalue weighted by Crippen LogP contribution is -2.03. The first-order valence-electron chi connectivity index (χ1n) is 8.45. The van der Waals surface area contributed by atoms with Crippen LogP contribution in [-0.4, -0.2) is 10.7 Å². The summed E-state index contributed by atoms with van der Waals surface area (Å²) in [5, 5.41) is 7.74. The predicted molar refractivity (Wildman–Crippen MR) is 104 cm³/mol. The monoisotopic (exact) mass is 355 g/mol. The Hall–Kier alpha value is -2.47. The number of nitrogens with zero attached hydrogens (tertiary/aromatic N) is 2. The Morgan fingerprint density at radius 1 is 1.32 bits per heavy atom. The third-order valence-electron chi connectivity index (χ3n) is 3.91. The highest BCUT2D eigenvalue weighted by Crippen LogP contribution is 2.25. The van der Waals surface area contributed by atoms with Crippen molar-refractivity contribution in [1.82, 2.24) is 4.98 Å². The second-order valence-electron chi connectivity index (χ2n) is 5.94. The minimum atomic E-state index is -0.380. The average molecular weight is 355 g/mol. The Bertz CT molecular complexity index is 943. The van der Waals surface area contributed by atoms with E-state index < -0.39 is 0 Å². The van der Waals surface area contributed by atoms with Crippen LogP contribution in [0.3, 0.4) is 0 Å². The minimum absolute atomic E-state index is 0.380. The lowest BCUT2D eigenvalue weighted by Gasteiger charge is -2.00. The van der Waals surface area contributed by atoms with E-state index in [9.17, 15) is 4.79 Å². The molecule has 0 radical (unpaired) electrons. The molecular formula is C19H21N3O2S. The summed E-state index contributed by atoms with van der Waals surface area (Å²) in [4.78, 5) is 16.7. The number of nitrogens with one attached hydrogen (secondary N) is 1. The molecule has 0 saturated carbocycles. The number of hydrazone groups is 1. The van der Waals surface area contributed by atoms with E-state index in [1.165, 1.54) is 24.2 Å². The number of rotatable bonds is 7. The first kappa shape index (κ1) is 17.4. The fourth-order valence-corrected chi connectivity index (χ4v) is 3.17. The Morgan fingerprint density at radius 3 is 3.00 bits per heavy atom. The topological polar surface area (TPSA) is 67.5 Å². The summed E-state index contributed by atoms with van der Waals surface area (Å²) < 4.78 is 5.37. The number of fused-ring (bicyclic) bond motifs is 1. The van der Waals surface area contributed by atoms with Crippen molar-refractivity contribution in [3.8, 4) is 11.3 Å². The van der Waals surface area contributed by atoms with Crippen molar-refractivity contribution in [1.29, 1.82) is 0 Å². The van der Waals surface area contributed by atoms with E-state index in [0.29, 0.717) is 22.0 Å². The fourth-order valence-electron chi connectivity index (χ4n) is 2.52. The largest absolute Gasteiger partial charge is 0.422 e. The van der Waals surface area contributed by atoms with E-state index in [-0.39, 0.29) is 5.63 Å². The zero-order chi connectivity index (χ0) is 17.6. The van der Waals surface area contributed by atoms with Crippen LogP contribution < -0.4 is 11.1 Å². The van der Waals surface area contributed by atoms with Crippen LogP contribution in [-0.2, 0) is 0 Å². The van der Waals surface area contributed by atoms with E-state index in [2.05, 4.69) is 22.4 Å². The molecule has 0 amide bonds. The summed E-state index contributed by atoms with van der Waals surface area (Å²) >= 11 is 1.42. The number of benzene rings is 1. The van der Waals surface area contributed by atoms with Crippen molar-refractivity contribution in [3.63, 3.8) is 0 Å². The number of hydrogen-bond donors (Lipinski definition) is 1. The zero-order valence-electron chi connectivity index (χ0n) is 14.4. The van der Waals surface area contributed by atoms with Crippen LogP contribution in [0.2, 0.25) is 0 Å². The van der Waals surface area contributed by atoms with Crippen molar-refractivity contribution in [3.05, 3.63) is 46.1 Å². The Kier molecular flexibility index (Phi) is 5.60. The van der Waals surface area contributed by atoms with Gasteiger partial charge in [-0.15, -0.1) is 11.3 Å². The average Bonchev–Trinajstić information content (AvgIpc) is 3.08. The maximum absolute atomic E-state index is 12.2. The van der Waals surface area contributed by atoms with Crippen molar-refractivity contribution in [2.45, 2.75) is 39.5 Å². The summed E-state index contributed by atoms with van der Waals surface area (Å²) in [5.74, 6) is 0. The molecule has 2 heterocycles. The maximum Gasteiger partial charge on any atom is 0.345 e. The normalized spacial score (nSPS) is 11.8. The van der Waals surface area contributed by atoms with Crippen LogP contribution in [0.1, 0.15) is 39.5 Å². The molecule has 5 nitrogen and oxygen atoms in total. The number of hydrogen-bond acceptors (Lipinski definition) is 6. The standard InChI is InChI=1S/C19H21N3O2S/c1-3-4-5-8-13(2)21-22-19-20-16(12-25-19)15-11-14-9-6-7-10-17(14)24-18(15)23/h6-7,9-12H,3-5,8H2,1-2H3,(H,20,22)/b21-13+. The van der Waals surface area contributed by atoms with Gasteiger partial charge in [-0.1, -0.05) is 38.0 Å². The van der Waals surface area contributed by atoms with E-state index >= 15 is 0 Å². The number of aromatic nitrogens is 1. The molecule has 0 saturated heterocycles. The minimum Gasteiger partial charge on any atom is -0.422 e. The molecular weight excluding hydrogens is 334 g/mol. The number of para-hydroxylation sites is 1. The second kappa shape index (κ2) is 8.07. The molecule has 2 aromatic heterocycles. The van der Waals surface area contributed by atoms with Crippen molar-refractivity contribution in [2.75, 3.05) is 5.43 Å². The van der Waals surface area contributed by atoms with Gasteiger partial charge in [-0.2, -0.15) is 5.10 Å². The van der Waals surface area contributed by atoms with Crippen LogP contribution >= 0.6 is 11.3 Å². The smallest absolute Gasteiger partial charge is 0.345 e. The highest BCUT2D eigenvalue weighted by Gasteiger charge is 2.11.